The molecule has 0 aromatic heterocycles. The van der Waals surface area contributed by atoms with Gasteiger partial charge in [0.2, 0.25) is 5.91 Å². The number of carbonyl (C=O) groups excluding carboxylic acids is 1. The fourth-order valence-electron chi connectivity index (χ4n) is 1.73. The van der Waals surface area contributed by atoms with Gasteiger partial charge in [0.1, 0.15) is 6.23 Å². The Morgan fingerprint density at radius 1 is 1.64 bits per heavy atom. The molecule has 0 aromatic carbocycles. The molecular formula is C11H17NO2. The third-order valence-electron chi connectivity index (χ3n) is 2.52. The number of ether oxygens (including phenoxy) is 1. The first-order valence-corrected chi connectivity index (χ1v) is 5.05. The number of terminal acetylenes is 1. The number of carbonyl (C=O) groups is 1. The number of methoxy groups -OCH3 is 1. The predicted molar refractivity (Wildman–Crippen MR) is 54.4 cm³/mol. The summed E-state index contributed by atoms with van der Waals surface area (Å²) in [4.78, 5) is 13.2. The van der Waals surface area contributed by atoms with Crippen molar-refractivity contribution in [2.45, 2.75) is 38.3 Å². The third kappa shape index (κ3) is 2.74. The van der Waals surface area contributed by atoms with Crippen LogP contribution in [-0.2, 0) is 9.53 Å². The molecule has 1 fully saturated rings. The summed E-state index contributed by atoms with van der Waals surface area (Å²) >= 11 is 0. The molecule has 1 heterocycles. The lowest BCUT2D eigenvalue weighted by Gasteiger charge is -2.23. The number of unbranched alkanes of at least 4 members (excludes halogenated alkanes) is 2. The highest BCUT2D eigenvalue weighted by molar-refractivity contribution is 5.78. The van der Waals surface area contributed by atoms with Gasteiger partial charge in [-0.25, -0.2) is 0 Å². The maximum atomic E-state index is 11.4. The summed E-state index contributed by atoms with van der Waals surface area (Å²) in [6.45, 7) is 0.777. The number of amides is 1. The molecule has 1 saturated heterocycles. The molecule has 14 heavy (non-hydrogen) atoms. The number of nitrogens with zero attached hydrogens (tertiary/aromatic N) is 1. The Balaban J connectivity index is 2.27. The molecule has 1 aliphatic heterocycles. The van der Waals surface area contributed by atoms with Crippen LogP contribution in [0.2, 0.25) is 0 Å². The van der Waals surface area contributed by atoms with Crippen molar-refractivity contribution in [3.8, 4) is 12.3 Å². The highest BCUT2D eigenvalue weighted by Gasteiger charge is 2.29. The van der Waals surface area contributed by atoms with Crippen molar-refractivity contribution in [2.24, 2.45) is 0 Å². The van der Waals surface area contributed by atoms with Crippen LogP contribution in [0.5, 0.6) is 0 Å². The average molecular weight is 195 g/mol. The van der Waals surface area contributed by atoms with Crippen LogP contribution in [0.3, 0.4) is 0 Å². The monoisotopic (exact) mass is 195 g/mol. The first-order valence-electron chi connectivity index (χ1n) is 5.05. The van der Waals surface area contributed by atoms with Crippen molar-refractivity contribution in [3.63, 3.8) is 0 Å². The van der Waals surface area contributed by atoms with Gasteiger partial charge in [0.25, 0.3) is 0 Å². The number of hydrogen-bond acceptors (Lipinski definition) is 2. The maximum absolute atomic E-state index is 11.4. The second-order valence-corrected chi connectivity index (χ2v) is 3.48. The molecule has 1 amide bonds. The molecule has 0 radical (unpaired) electrons. The SMILES string of the molecule is C#CCCCCN1C(=O)CCC1OC. The van der Waals surface area contributed by atoms with Crippen molar-refractivity contribution in [1.82, 2.24) is 4.90 Å². The lowest BCUT2D eigenvalue weighted by atomic mass is 10.2. The Hall–Kier alpha value is -1.01. The molecule has 1 atom stereocenters. The van der Waals surface area contributed by atoms with Gasteiger partial charge < -0.3 is 9.64 Å². The Bertz CT molecular complexity index is 232. The summed E-state index contributed by atoms with van der Waals surface area (Å²) in [5.74, 6) is 2.80. The molecule has 1 unspecified atom stereocenters. The van der Waals surface area contributed by atoms with Crippen LogP contribution < -0.4 is 0 Å². The van der Waals surface area contributed by atoms with Gasteiger partial charge in [-0.15, -0.1) is 12.3 Å². The van der Waals surface area contributed by atoms with Crippen molar-refractivity contribution in [3.05, 3.63) is 0 Å². The lowest BCUT2D eigenvalue weighted by molar-refractivity contribution is -0.134. The molecule has 78 valence electrons. The van der Waals surface area contributed by atoms with Crippen LogP contribution in [0.25, 0.3) is 0 Å². The second-order valence-electron chi connectivity index (χ2n) is 3.48. The van der Waals surface area contributed by atoms with Gasteiger partial charge in [0.15, 0.2) is 0 Å². The fourth-order valence-corrected chi connectivity index (χ4v) is 1.73. The second kappa shape index (κ2) is 5.66. The van der Waals surface area contributed by atoms with E-state index in [4.69, 9.17) is 11.2 Å². The third-order valence-corrected chi connectivity index (χ3v) is 2.52. The molecule has 0 N–H and O–H groups in total. The summed E-state index contributed by atoms with van der Waals surface area (Å²) in [6, 6.07) is 0. The molecular weight excluding hydrogens is 178 g/mol. The molecule has 0 saturated carbocycles. The standard InChI is InChI=1S/C11H17NO2/c1-3-4-5-6-9-12-10(13)7-8-11(12)14-2/h1,11H,4-9H2,2H3. The van der Waals surface area contributed by atoms with Crippen molar-refractivity contribution in [2.75, 3.05) is 13.7 Å². The van der Waals surface area contributed by atoms with E-state index in [2.05, 4.69) is 5.92 Å². The largest absolute Gasteiger partial charge is 0.362 e. The molecule has 0 spiro atoms. The van der Waals surface area contributed by atoms with Gasteiger partial charge in [0, 0.05) is 32.9 Å². The Morgan fingerprint density at radius 3 is 3.07 bits per heavy atom. The molecule has 0 aliphatic carbocycles. The van der Waals surface area contributed by atoms with E-state index in [0.29, 0.717) is 6.42 Å². The quantitative estimate of drug-likeness (QED) is 0.490. The van der Waals surface area contributed by atoms with E-state index in [0.717, 1.165) is 32.2 Å². The molecule has 3 heteroatoms. The zero-order valence-corrected chi connectivity index (χ0v) is 8.66. The van der Waals surface area contributed by atoms with E-state index in [1.165, 1.54) is 0 Å². The normalized spacial score (nSPS) is 21.3. The minimum atomic E-state index is -0.00617. The number of likely N-dealkylation sites (tertiary alicyclic amines) is 1. The minimum absolute atomic E-state index is 0.00617. The first kappa shape index (κ1) is 11.1. The van der Waals surface area contributed by atoms with Crippen molar-refractivity contribution < 1.29 is 9.53 Å². The Kier molecular flexibility index (Phi) is 4.48. The molecule has 0 aromatic rings. The molecule has 1 aliphatic rings. The molecule has 0 bridgehead atoms. The van der Waals surface area contributed by atoms with E-state index >= 15 is 0 Å². The Labute approximate surface area is 85.4 Å². The zero-order valence-electron chi connectivity index (χ0n) is 8.66. The summed E-state index contributed by atoms with van der Waals surface area (Å²) in [5.41, 5.74) is 0. The summed E-state index contributed by atoms with van der Waals surface area (Å²) in [6.07, 6.45) is 9.33. The van der Waals surface area contributed by atoms with Gasteiger partial charge in [-0.2, -0.15) is 0 Å². The highest BCUT2D eigenvalue weighted by atomic mass is 16.5. The predicted octanol–water partition coefficient (Wildman–Crippen LogP) is 1.38. The van der Waals surface area contributed by atoms with E-state index in [-0.39, 0.29) is 12.1 Å². The van der Waals surface area contributed by atoms with Gasteiger partial charge in [0.05, 0.1) is 0 Å². The zero-order chi connectivity index (χ0) is 10.4. The van der Waals surface area contributed by atoms with E-state index < -0.39 is 0 Å². The lowest BCUT2D eigenvalue weighted by Crippen LogP contribution is -2.34. The van der Waals surface area contributed by atoms with Crippen LogP contribution in [0.4, 0.5) is 0 Å². The maximum Gasteiger partial charge on any atom is 0.224 e. The summed E-state index contributed by atoms with van der Waals surface area (Å²) in [5, 5.41) is 0. The van der Waals surface area contributed by atoms with Gasteiger partial charge in [-0.1, -0.05) is 0 Å². The van der Waals surface area contributed by atoms with Gasteiger partial charge in [-0.3, -0.25) is 4.79 Å². The van der Waals surface area contributed by atoms with Crippen molar-refractivity contribution in [1.29, 1.82) is 0 Å². The van der Waals surface area contributed by atoms with Crippen molar-refractivity contribution >= 4 is 5.91 Å². The topological polar surface area (TPSA) is 29.5 Å². The van der Waals surface area contributed by atoms with E-state index in [1.54, 1.807) is 7.11 Å². The Morgan fingerprint density at radius 2 is 2.43 bits per heavy atom. The van der Waals surface area contributed by atoms with Gasteiger partial charge in [-0.05, 0) is 12.8 Å². The van der Waals surface area contributed by atoms with E-state index in [1.807, 2.05) is 4.90 Å². The average Bonchev–Trinajstić information content (AvgIpc) is 2.55. The first-order chi connectivity index (χ1) is 6.79. The highest BCUT2D eigenvalue weighted by Crippen LogP contribution is 2.19. The fraction of sp³-hybridized carbons (Fsp3) is 0.727. The summed E-state index contributed by atoms with van der Waals surface area (Å²) in [7, 11) is 1.65. The van der Waals surface area contributed by atoms with Crippen LogP contribution in [0.1, 0.15) is 32.1 Å². The van der Waals surface area contributed by atoms with Crippen LogP contribution in [0.15, 0.2) is 0 Å². The molecule has 1 rings (SSSR count). The van der Waals surface area contributed by atoms with Crippen LogP contribution >= 0.6 is 0 Å². The van der Waals surface area contributed by atoms with Gasteiger partial charge >= 0.3 is 0 Å². The van der Waals surface area contributed by atoms with Crippen LogP contribution in [-0.4, -0.2) is 30.7 Å². The van der Waals surface area contributed by atoms with Crippen LogP contribution in [0, 0.1) is 12.3 Å². The smallest absolute Gasteiger partial charge is 0.224 e. The number of rotatable bonds is 5. The summed E-state index contributed by atoms with van der Waals surface area (Å²) < 4.78 is 5.22. The minimum Gasteiger partial charge on any atom is -0.362 e. The molecule has 3 nitrogen and oxygen atoms in total. The number of hydrogen-bond donors (Lipinski definition) is 0. The van der Waals surface area contributed by atoms with E-state index in [9.17, 15) is 4.79 Å².